The first-order valence-electron chi connectivity index (χ1n) is 6.45. The maximum atomic E-state index is 5.58. The van der Waals surface area contributed by atoms with E-state index < -0.39 is 0 Å². The molecule has 1 atom stereocenters. The maximum Gasteiger partial charge on any atom is 0.0662 e. The number of benzene rings is 1. The number of likely N-dealkylation sites (N-methyl/N-ethyl adjacent to an activating group) is 1. The molecule has 0 saturated carbocycles. The van der Waals surface area contributed by atoms with Crippen molar-refractivity contribution >= 4 is 0 Å². The topological polar surface area (TPSA) is 24.5 Å². The summed E-state index contributed by atoms with van der Waals surface area (Å²) in [6.07, 6.45) is 1.17. The fourth-order valence-corrected chi connectivity index (χ4v) is 2.83. The van der Waals surface area contributed by atoms with E-state index in [9.17, 15) is 0 Å². The number of rotatable bonds is 1. The van der Waals surface area contributed by atoms with Gasteiger partial charge in [-0.1, -0.05) is 18.2 Å². The molecule has 2 heterocycles. The Bertz CT molecular complexity index is 399. The third-order valence-corrected chi connectivity index (χ3v) is 3.80. The summed E-state index contributed by atoms with van der Waals surface area (Å²) in [5, 5.41) is 3.56. The van der Waals surface area contributed by atoms with Gasteiger partial charge in [-0.2, -0.15) is 0 Å². The predicted octanol–water partition coefficient (Wildman–Crippen LogP) is 1.34. The van der Waals surface area contributed by atoms with E-state index >= 15 is 0 Å². The Kier molecular flexibility index (Phi) is 3.14. The number of nitrogens with one attached hydrogen (secondary N) is 1. The SMILES string of the molecule is CN1CCc2cccc(C3COCCN3)c2C1. The van der Waals surface area contributed by atoms with E-state index in [2.05, 4.69) is 35.5 Å². The van der Waals surface area contributed by atoms with Crippen molar-refractivity contribution in [3.63, 3.8) is 0 Å². The van der Waals surface area contributed by atoms with Crippen LogP contribution in [-0.2, 0) is 17.7 Å². The summed E-state index contributed by atoms with van der Waals surface area (Å²) in [5.74, 6) is 0. The van der Waals surface area contributed by atoms with Crippen molar-refractivity contribution in [3.8, 4) is 0 Å². The molecule has 1 aromatic rings. The molecule has 0 aromatic heterocycles. The zero-order valence-corrected chi connectivity index (χ0v) is 10.4. The van der Waals surface area contributed by atoms with Gasteiger partial charge in [-0.15, -0.1) is 0 Å². The van der Waals surface area contributed by atoms with Crippen LogP contribution in [0.25, 0.3) is 0 Å². The first-order valence-corrected chi connectivity index (χ1v) is 6.45. The summed E-state index contributed by atoms with van der Waals surface area (Å²) in [6, 6.07) is 7.10. The number of nitrogens with zero attached hydrogens (tertiary/aromatic N) is 1. The third-order valence-electron chi connectivity index (χ3n) is 3.80. The van der Waals surface area contributed by atoms with Crippen LogP contribution in [0.5, 0.6) is 0 Å². The monoisotopic (exact) mass is 232 g/mol. The highest BCUT2D eigenvalue weighted by molar-refractivity contribution is 5.39. The van der Waals surface area contributed by atoms with Crippen LogP contribution in [0.15, 0.2) is 18.2 Å². The van der Waals surface area contributed by atoms with Crippen molar-refractivity contribution < 1.29 is 4.74 Å². The second-order valence-electron chi connectivity index (χ2n) is 5.05. The zero-order valence-electron chi connectivity index (χ0n) is 10.4. The largest absolute Gasteiger partial charge is 0.378 e. The highest BCUT2D eigenvalue weighted by Crippen LogP contribution is 2.27. The summed E-state index contributed by atoms with van der Waals surface area (Å²) in [5.41, 5.74) is 4.48. The molecule has 3 heteroatoms. The molecule has 0 bridgehead atoms. The molecule has 1 N–H and O–H groups in total. The van der Waals surface area contributed by atoms with E-state index in [0.717, 1.165) is 26.3 Å². The summed E-state index contributed by atoms with van der Waals surface area (Å²) in [7, 11) is 2.20. The zero-order chi connectivity index (χ0) is 11.7. The molecule has 2 aliphatic rings. The quantitative estimate of drug-likeness (QED) is 0.790. The van der Waals surface area contributed by atoms with Gasteiger partial charge in [-0.05, 0) is 30.2 Å². The maximum absolute atomic E-state index is 5.58. The lowest BCUT2D eigenvalue weighted by atomic mass is 9.91. The van der Waals surface area contributed by atoms with Crippen molar-refractivity contribution in [1.82, 2.24) is 10.2 Å². The molecular weight excluding hydrogens is 212 g/mol. The lowest BCUT2D eigenvalue weighted by Gasteiger charge is -2.31. The fourth-order valence-electron chi connectivity index (χ4n) is 2.83. The number of fused-ring (bicyclic) bond motifs is 1. The molecule has 0 amide bonds. The van der Waals surface area contributed by atoms with Crippen LogP contribution in [0, 0.1) is 0 Å². The van der Waals surface area contributed by atoms with Crippen molar-refractivity contribution in [2.24, 2.45) is 0 Å². The van der Waals surface area contributed by atoms with Gasteiger partial charge >= 0.3 is 0 Å². The lowest BCUT2D eigenvalue weighted by molar-refractivity contribution is 0.0762. The normalized spacial score (nSPS) is 25.6. The van der Waals surface area contributed by atoms with Gasteiger partial charge in [0.25, 0.3) is 0 Å². The van der Waals surface area contributed by atoms with Crippen LogP contribution in [-0.4, -0.2) is 38.3 Å². The van der Waals surface area contributed by atoms with E-state index in [4.69, 9.17) is 4.74 Å². The molecule has 0 aliphatic carbocycles. The van der Waals surface area contributed by atoms with E-state index in [1.807, 2.05) is 0 Å². The Morgan fingerprint density at radius 3 is 3.18 bits per heavy atom. The molecule has 0 radical (unpaired) electrons. The highest BCUT2D eigenvalue weighted by Gasteiger charge is 2.22. The Morgan fingerprint density at radius 2 is 2.35 bits per heavy atom. The van der Waals surface area contributed by atoms with E-state index in [1.54, 1.807) is 0 Å². The Hall–Kier alpha value is -0.900. The molecular formula is C14H20N2O. The molecule has 1 fully saturated rings. The van der Waals surface area contributed by atoms with Crippen LogP contribution in [0.4, 0.5) is 0 Å². The van der Waals surface area contributed by atoms with Gasteiger partial charge in [0.1, 0.15) is 0 Å². The predicted molar refractivity (Wildman–Crippen MR) is 68.0 cm³/mol. The Labute approximate surface area is 103 Å². The molecule has 1 saturated heterocycles. The second-order valence-corrected chi connectivity index (χ2v) is 5.05. The van der Waals surface area contributed by atoms with Crippen LogP contribution in [0.2, 0.25) is 0 Å². The molecule has 17 heavy (non-hydrogen) atoms. The molecule has 92 valence electrons. The lowest BCUT2D eigenvalue weighted by Crippen LogP contribution is -2.36. The summed E-state index contributed by atoms with van der Waals surface area (Å²) in [4.78, 5) is 2.40. The molecule has 0 spiro atoms. The number of hydrogen-bond donors (Lipinski definition) is 1. The minimum Gasteiger partial charge on any atom is -0.378 e. The van der Waals surface area contributed by atoms with Crippen LogP contribution in [0.3, 0.4) is 0 Å². The average molecular weight is 232 g/mol. The van der Waals surface area contributed by atoms with Gasteiger partial charge < -0.3 is 15.0 Å². The third kappa shape index (κ3) is 2.23. The van der Waals surface area contributed by atoms with E-state index in [-0.39, 0.29) is 0 Å². The van der Waals surface area contributed by atoms with Gasteiger partial charge in [0.15, 0.2) is 0 Å². The molecule has 1 aromatic carbocycles. The van der Waals surface area contributed by atoms with E-state index in [1.165, 1.54) is 29.7 Å². The van der Waals surface area contributed by atoms with Gasteiger partial charge in [0.2, 0.25) is 0 Å². The molecule has 2 aliphatic heterocycles. The van der Waals surface area contributed by atoms with Gasteiger partial charge in [0, 0.05) is 19.6 Å². The summed E-state index contributed by atoms with van der Waals surface area (Å²) in [6.45, 7) is 4.85. The summed E-state index contributed by atoms with van der Waals surface area (Å²) >= 11 is 0. The van der Waals surface area contributed by atoms with Gasteiger partial charge in [-0.25, -0.2) is 0 Å². The van der Waals surface area contributed by atoms with Crippen molar-refractivity contribution in [2.75, 3.05) is 33.4 Å². The minimum absolute atomic E-state index is 0.380. The first kappa shape index (κ1) is 11.2. The molecule has 3 rings (SSSR count). The standard InChI is InChI=1S/C14H20N2O/c1-16-7-5-11-3-2-4-12(13(11)9-16)14-10-17-8-6-15-14/h2-4,14-15H,5-10H2,1H3. The number of ether oxygens (including phenoxy) is 1. The van der Waals surface area contributed by atoms with Crippen LogP contribution < -0.4 is 5.32 Å². The summed E-state index contributed by atoms with van der Waals surface area (Å²) < 4.78 is 5.58. The van der Waals surface area contributed by atoms with Crippen LogP contribution in [0.1, 0.15) is 22.7 Å². The molecule has 1 unspecified atom stereocenters. The second kappa shape index (κ2) is 4.77. The van der Waals surface area contributed by atoms with E-state index in [0.29, 0.717) is 6.04 Å². The van der Waals surface area contributed by atoms with Crippen molar-refractivity contribution in [1.29, 1.82) is 0 Å². The minimum atomic E-state index is 0.380. The number of morpholine rings is 1. The van der Waals surface area contributed by atoms with Crippen molar-refractivity contribution in [3.05, 3.63) is 34.9 Å². The first-order chi connectivity index (χ1) is 8.34. The molecule has 3 nitrogen and oxygen atoms in total. The van der Waals surface area contributed by atoms with Gasteiger partial charge in [-0.3, -0.25) is 0 Å². The average Bonchev–Trinajstić information content (AvgIpc) is 2.39. The number of hydrogen-bond acceptors (Lipinski definition) is 3. The Balaban J connectivity index is 1.93. The van der Waals surface area contributed by atoms with Gasteiger partial charge in [0.05, 0.1) is 19.3 Å². The van der Waals surface area contributed by atoms with Crippen LogP contribution >= 0.6 is 0 Å². The smallest absolute Gasteiger partial charge is 0.0662 e. The van der Waals surface area contributed by atoms with Crippen molar-refractivity contribution in [2.45, 2.75) is 19.0 Å². The highest BCUT2D eigenvalue weighted by atomic mass is 16.5. The Morgan fingerprint density at radius 1 is 1.41 bits per heavy atom. The fraction of sp³-hybridized carbons (Fsp3) is 0.571.